The van der Waals surface area contributed by atoms with Crippen LogP contribution in [0, 0.1) is 0 Å². The zero-order valence-corrected chi connectivity index (χ0v) is 15.1. The van der Waals surface area contributed by atoms with Crippen LogP contribution in [0.1, 0.15) is 29.2 Å². The lowest BCUT2D eigenvalue weighted by molar-refractivity contribution is -0.132. The van der Waals surface area contributed by atoms with Crippen molar-refractivity contribution in [3.05, 3.63) is 95.8 Å². The molecule has 1 unspecified atom stereocenters. The van der Waals surface area contributed by atoms with Crippen molar-refractivity contribution in [2.45, 2.75) is 25.5 Å². The molecular formula is C23H22N2O2. The number of pyridine rings is 1. The first-order chi connectivity index (χ1) is 13.3. The van der Waals surface area contributed by atoms with Crippen molar-refractivity contribution in [2.75, 3.05) is 6.54 Å². The molecule has 0 saturated carbocycles. The second-order valence-corrected chi connectivity index (χ2v) is 6.75. The summed E-state index contributed by atoms with van der Waals surface area (Å²) in [6.45, 7) is 1.13. The second kappa shape index (κ2) is 8.04. The number of nitrogens with zero attached hydrogens (tertiary/aromatic N) is 2. The van der Waals surface area contributed by atoms with Crippen LogP contribution in [-0.2, 0) is 17.8 Å². The number of carbonyl (C=O) groups excluding carboxylic acids is 1. The lowest BCUT2D eigenvalue weighted by Crippen LogP contribution is -2.34. The fourth-order valence-corrected chi connectivity index (χ4v) is 3.40. The van der Waals surface area contributed by atoms with Gasteiger partial charge < -0.3 is 9.64 Å². The molecule has 3 aromatic rings. The van der Waals surface area contributed by atoms with E-state index < -0.39 is 0 Å². The van der Waals surface area contributed by atoms with E-state index in [4.69, 9.17) is 4.74 Å². The third-order valence-corrected chi connectivity index (χ3v) is 4.89. The minimum absolute atomic E-state index is 0.146. The van der Waals surface area contributed by atoms with Gasteiger partial charge in [-0.05, 0) is 35.7 Å². The Labute approximate surface area is 159 Å². The van der Waals surface area contributed by atoms with Gasteiger partial charge in [-0.3, -0.25) is 9.78 Å². The van der Waals surface area contributed by atoms with Crippen molar-refractivity contribution in [1.29, 1.82) is 0 Å². The van der Waals surface area contributed by atoms with E-state index in [0.29, 0.717) is 19.5 Å². The van der Waals surface area contributed by atoms with E-state index in [1.54, 1.807) is 12.4 Å². The van der Waals surface area contributed by atoms with Crippen LogP contribution in [0.5, 0.6) is 5.75 Å². The summed E-state index contributed by atoms with van der Waals surface area (Å²) in [4.78, 5) is 18.9. The van der Waals surface area contributed by atoms with E-state index in [2.05, 4.69) is 17.1 Å². The van der Waals surface area contributed by atoms with Crippen LogP contribution in [0.15, 0.2) is 79.1 Å². The number of rotatable bonds is 4. The van der Waals surface area contributed by atoms with Crippen molar-refractivity contribution in [1.82, 2.24) is 9.88 Å². The maximum Gasteiger partial charge on any atom is 0.223 e. The van der Waals surface area contributed by atoms with Crippen molar-refractivity contribution in [3.63, 3.8) is 0 Å². The number of ether oxygens (including phenoxy) is 1. The largest absolute Gasteiger partial charge is 0.484 e. The SMILES string of the molecule is O=C(CCc1ccncc1)N1Cc2ccccc2OC(c2ccccc2)C1. The fraction of sp³-hybridized carbons (Fsp3) is 0.217. The molecule has 4 heteroatoms. The smallest absolute Gasteiger partial charge is 0.223 e. The molecule has 1 atom stereocenters. The van der Waals surface area contributed by atoms with Crippen molar-refractivity contribution >= 4 is 5.91 Å². The number of fused-ring (bicyclic) bond motifs is 1. The average Bonchev–Trinajstić information content (AvgIpc) is 2.93. The number of benzene rings is 2. The van der Waals surface area contributed by atoms with Crippen molar-refractivity contribution in [2.24, 2.45) is 0 Å². The topological polar surface area (TPSA) is 42.4 Å². The van der Waals surface area contributed by atoms with Gasteiger partial charge in [0.25, 0.3) is 0 Å². The molecule has 27 heavy (non-hydrogen) atoms. The van der Waals surface area contributed by atoms with Gasteiger partial charge in [-0.25, -0.2) is 0 Å². The molecule has 1 amide bonds. The molecule has 0 spiro atoms. The van der Waals surface area contributed by atoms with Crippen LogP contribution in [-0.4, -0.2) is 22.3 Å². The molecule has 1 aromatic heterocycles. The van der Waals surface area contributed by atoms with Gasteiger partial charge in [-0.2, -0.15) is 0 Å². The van der Waals surface area contributed by atoms with Crippen molar-refractivity contribution in [3.8, 4) is 5.75 Å². The number of hydrogen-bond donors (Lipinski definition) is 0. The van der Waals surface area contributed by atoms with Crippen LogP contribution in [0.25, 0.3) is 0 Å². The Hall–Kier alpha value is -3.14. The molecule has 4 nitrogen and oxygen atoms in total. The first kappa shape index (κ1) is 17.3. The van der Waals surface area contributed by atoms with E-state index in [1.165, 1.54) is 0 Å². The number of amides is 1. The molecule has 0 bridgehead atoms. The molecular weight excluding hydrogens is 336 g/mol. The molecule has 4 rings (SSSR count). The van der Waals surface area contributed by atoms with E-state index in [1.807, 2.05) is 59.5 Å². The highest BCUT2D eigenvalue weighted by atomic mass is 16.5. The third kappa shape index (κ3) is 4.17. The Morgan fingerprint density at radius 3 is 2.56 bits per heavy atom. The van der Waals surface area contributed by atoms with Gasteiger partial charge in [0.2, 0.25) is 5.91 Å². The quantitative estimate of drug-likeness (QED) is 0.703. The molecule has 2 heterocycles. The molecule has 0 N–H and O–H groups in total. The van der Waals surface area contributed by atoms with Crippen LogP contribution < -0.4 is 4.74 Å². The van der Waals surface area contributed by atoms with E-state index in [9.17, 15) is 4.79 Å². The van der Waals surface area contributed by atoms with Crippen LogP contribution in [0.3, 0.4) is 0 Å². The number of carbonyl (C=O) groups is 1. The second-order valence-electron chi connectivity index (χ2n) is 6.75. The molecule has 0 radical (unpaired) electrons. The van der Waals surface area contributed by atoms with Gasteiger partial charge >= 0.3 is 0 Å². The first-order valence-electron chi connectivity index (χ1n) is 9.26. The first-order valence-corrected chi connectivity index (χ1v) is 9.26. The van der Waals surface area contributed by atoms with Gasteiger partial charge in [0, 0.05) is 30.9 Å². The Morgan fingerprint density at radius 1 is 1.00 bits per heavy atom. The maximum absolute atomic E-state index is 13.0. The predicted octanol–water partition coefficient (Wildman–Crippen LogP) is 4.18. The summed E-state index contributed by atoms with van der Waals surface area (Å²) in [5.74, 6) is 1.00. The molecule has 136 valence electrons. The number of aryl methyl sites for hydroxylation is 1. The number of aromatic nitrogens is 1. The Balaban J connectivity index is 1.55. The molecule has 0 fully saturated rings. The van der Waals surface area contributed by atoms with Crippen LogP contribution in [0.2, 0.25) is 0 Å². The van der Waals surface area contributed by atoms with Gasteiger partial charge in [0.15, 0.2) is 0 Å². The van der Waals surface area contributed by atoms with Crippen molar-refractivity contribution < 1.29 is 9.53 Å². The molecule has 0 aliphatic carbocycles. The van der Waals surface area contributed by atoms with Gasteiger partial charge in [0.05, 0.1) is 6.54 Å². The monoisotopic (exact) mass is 358 g/mol. The van der Waals surface area contributed by atoms with Gasteiger partial charge in [-0.1, -0.05) is 48.5 Å². The summed E-state index contributed by atoms with van der Waals surface area (Å²) in [6.07, 6.45) is 4.56. The Bertz CT molecular complexity index is 897. The van der Waals surface area contributed by atoms with Gasteiger partial charge in [-0.15, -0.1) is 0 Å². The van der Waals surface area contributed by atoms with E-state index in [0.717, 1.165) is 28.9 Å². The molecule has 2 aromatic carbocycles. The minimum atomic E-state index is -0.167. The summed E-state index contributed by atoms with van der Waals surface area (Å²) >= 11 is 0. The lowest BCUT2D eigenvalue weighted by atomic mass is 10.1. The highest BCUT2D eigenvalue weighted by Gasteiger charge is 2.26. The van der Waals surface area contributed by atoms with Crippen LogP contribution in [0.4, 0.5) is 0 Å². The molecule has 1 aliphatic heterocycles. The fourth-order valence-electron chi connectivity index (χ4n) is 3.40. The van der Waals surface area contributed by atoms with E-state index >= 15 is 0 Å². The number of hydrogen-bond acceptors (Lipinski definition) is 3. The normalized spacial score (nSPS) is 16.1. The predicted molar refractivity (Wildman–Crippen MR) is 104 cm³/mol. The Morgan fingerprint density at radius 2 is 1.74 bits per heavy atom. The van der Waals surface area contributed by atoms with Crippen LogP contribution >= 0.6 is 0 Å². The standard InChI is InChI=1S/C23H22N2O2/c26-23(11-10-18-12-14-24-15-13-18)25-16-20-8-4-5-9-21(20)27-22(17-25)19-6-2-1-3-7-19/h1-9,12-15,22H,10-11,16-17H2. The zero-order chi connectivity index (χ0) is 18.5. The summed E-state index contributed by atoms with van der Waals surface area (Å²) in [7, 11) is 0. The lowest BCUT2D eigenvalue weighted by Gasteiger charge is -2.24. The summed E-state index contributed by atoms with van der Waals surface area (Å²) in [6, 6.07) is 22.0. The maximum atomic E-state index is 13.0. The number of para-hydroxylation sites is 1. The highest BCUT2D eigenvalue weighted by molar-refractivity contribution is 5.76. The molecule has 0 saturated heterocycles. The van der Waals surface area contributed by atoms with E-state index in [-0.39, 0.29) is 12.0 Å². The zero-order valence-electron chi connectivity index (χ0n) is 15.1. The molecule has 1 aliphatic rings. The summed E-state index contributed by atoms with van der Waals surface area (Å²) < 4.78 is 6.28. The minimum Gasteiger partial charge on any atom is -0.484 e. The third-order valence-electron chi connectivity index (χ3n) is 4.89. The summed E-state index contributed by atoms with van der Waals surface area (Å²) in [5, 5.41) is 0. The summed E-state index contributed by atoms with van der Waals surface area (Å²) in [5.41, 5.74) is 3.26. The van der Waals surface area contributed by atoms with Gasteiger partial charge in [0.1, 0.15) is 11.9 Å². The average molecular weight is 358 g/mol. The highest BCUT2D eigenvalue weighted by Crippen LogP contribution is 2.31. The Kier molecular flexibility index (Phi) is 5.15.